The molecule has 0 atom stereocenters. The third-order valence-electron chi connectivity index (χ3n) is 2.82. The highest BCUT2D eigenvalue weighted by atomic mass is 16.5. The standard InChI is InChI=1S/C12H17N3O3/c1-17-10-6-8-9(7-11(10)18-2)15(4-3-5-16)12(13)14-8/h6-7,16H,3-5H2,1-2H3,(H2,13,14). The van der Waals surface area contributed by atoms with Gasteiger partial charge in [-0.05, 0) is 6.42 Å². The molecule has 0 aliphatic rings. The molecule has 1 aromatic carbocycles. The van der Waals surface area contributed by atoms with Crippen molar-refractivity contribution in [2.24, 2.45) is 0 Å². The van der Waals surface area contributed by atoms with Gasteiger partial charge in [0, 0.05) is 25.3 Å². The number of fused-ring (bicyclic) bond motifs is 1. The van der Waals surface area contributed by atoms with Gasteiger partial charge >= 0.3 is 0 Å². The number of nitrogens with two attached hydrogens (primary N) is 1. The van der Waals surface area contributed by atoms with Gasteiger partial charge in [0.2, 0.25) is 5.95 Å². The summed E-state index contributed by atoms with van der Waals surface area (Å²) in [5.41, 5.74) is 7.49. The van der Waals surface area contributed by atoms with E-state index in [0.29, 0.717) is 30.4 Å². The van der Waals surface area contributed by atoms with Crippen molar-refractivity contribution in [3.63, 3.8) is 0 Å². The van der Waals surface area contributed by atoms with Crippen LogP contribution in [0.3, 0.4) is 0 Å². The number of aliphatic hydroxyl groups is 1. The van der Waals surface area contributed by atoms with Gasteiger partial charge in [0.1, 0.15) is 0 Å². The summed E-state index contributed by atoms with van der Waals surface area (Å²) in [6.45, 7) is 0.737. The molecule has 3 N–H and O–H groups in total. The van der Waals surface area contributed by atoms with Crippen molar-refractivity contribution in [3.05, 3.63) is 12.1 Å². The van der Waals surface area contributed by atoms with E-state index in [-0.39, 0.29) is 6.61 Å². The van der Waals surface area contributed by atoms with Gasteiger partial charge < -0.3 is 24.9 Å². The van der Waals surface area contributed by atoms with Crippen LogP contribution in [-0.4, -0.2) is 35.5 Å². The summed E-state index contributed by atoms with van der Waals surface area (Å²) in [6.07, 6.45) is 0.629. The van der Waals surface area contributed by atoms with E-state index in [2.05, 4.69) is 4.98 Å². The predicted molar refractivity (Wildman–Crippen MR) is 69.0 cm³/mol. The molecule has 0 amide bonds. The van der Waals surface area contributed by atoms with E-state index in [0.717, 1.165) is 11.0 Å². The Morgan fingerprint density at radius 2 is 1.94 bits per heavy atom. The monoisotopic (exact) mass is 251 g/mol. The lowest BCUT2D eigenvalue weighted by Crippen LogP contribution is -2.04. The minimum atomic E-state index is 0.117. The molecule has 0 spiro atoms. The fraction of sp³-hybridized carbons (Fsp3) is 0.417. The number of imidazole rings is 1. The molecule has 18 heavy (non-hydrogen) atoms. The molecule has 0 aliphatic heterocycles. The van der Waals surface area contributed by atoms with Crippen LogP contribution in [0.15, 0.2) is 12.1 Å². The maximum atomic E-state index is 8.89. The number of hydrogen-bond donors (Lipinski definition) is 2. The first-order valence-electron chi connectivity index (χ1n) is 5.70. The van der Waals surface area contributed by atoms with Crippen LogP contribution < -0.4 is 15.2 Å². The van der Waals surface area contributed by atoms with Crippen LogP contribution >= 0.6 is 0 Å². The largest absolute Gasteiger partial charge is 0.493 e. The van der Waals surface area contributed by atoms with Gasteiger partial charge in [-0.2, -0.15) is 0 Å². The number of methoxy groups -OCH3 is 2. The number of rotatable bonds is 5. The van der Waals surface area contributed by atoms with Crippen molar-refractivity contribution >= 4 is 17.0 Å². The lowest BCUT2D eigenvalue weighted by molar-refractivity contribution is 0.281. The summed E-state index contributed by atoms with van der Waals surface area (Å²) in [6, 6.07) is 3.63. The van der Waals surface area contributed by atoms with E-state index in [4.69, 9.17) is 20.3 Å². The molecular formula is C12H17N3O3. The van der Waals surface area contributed by atoms with Crippen molar-refractivity contribution in [3.8, 4) is 11.5 Å². The minimum absolute atomic E-state index is 0.117. The Labute approximate surface area is 105 Å². The molecule has 6 nitrogen and oxygen atoms in total. The first-order valence-corrected chi connectivity index (χ1v) is 5.70. The lowest BCUT2D eigenvalue weighted by atomic mass is 10.2. The quantitative estimate of drug-likeness (QED) is 0.829. The van der Waals surface area contributed by atoms with Gasteiger partial charge in [-0.1, -0.05) is 0 Å². The SMILES string of the molecule is COc1cc2nc(N)n(CCCO)c2cc1OC. The minimum Gasteiger partial charge on any atom is -0.493 e. The molecule has 1 heterocycles. The summed E-state index contributed by atoms with van der Waals surface area (Å²) in [5, 5.41) is 8.89. The highest BCUT2D eigenvalue weighted by Gasteiger charge is 2.13. The number of ether oxygens (including phenoxy) is 2. The zero-order valence-electron chi connectivity index (χ0n) is 10.5. The molecular weight excluding hydrogens is 234 g/mol. The number of anilines is 1. The van der Waals surface area contributed by atoms with Crippen molar-refractivity contribution in [1.82, 2.24) is 9.55 Å². The Morgan fingerprint density at radius 1 is 1.28 bits per heavy atom. The van der Waals surface area contributed by atoms with Crippen LogP contribution in [0.25, 0.3) is 11.0 Å². The van der Waals surface area contributed by atoms with Gasteiger partial charge in [0.15, 0.2) is 11.5 Å². The number of hydrogen-bond acceptors (Lipinski definition) is 5. The number of nitrogens with zero attached hydrogens (tertiary/aromatic N) is 2. The second-order valence-corrected chi connectivity index (χ2v) is 3.89. The lowest BCUT2D eigenvalue weighted by Gasteiger charge is -2.09. The van der Waals surface area contributed by atoms with Gasteiger partial charge in [-0.15, -0.1) is 0 Å². The van der Waals surface area contributed by atoms with E-state index in [1.54, 1.807) is 20.3 Å². The second kappa shape index (κ2) is 5.14. The maximum Gasteiger partial charge on any atom is 0.201 e. The van der Waals surface area contributed by atoms with Crippen LogP contribution in [0.1, 0.15) is 6.42 Å². The normalized spacial score (nSPS) is 10.8. The Balaban J connectivity index is 2.55. The molecule has 1 aromatic heterocycles. The predicted octanol–water partition coefficient (Wildman–Crippen LogP) is 1.02. The van der Waals surface area contributed by atoms with E-state index >= 15 is 0 Å². The van der Waals surface area contributed by atoms with Gasteiger partial charge in [-0.25, -0.2) is 4.98 Å². The molecule has 2 aromatic rings. The molecule has 0 bridgehead atoms. The number of nitrogen functional groups attached to an aromatic ring is 1. The van der Waals surface area contributed by atoms with Crippen LogP contribution in [0.4, 0.5) is 5.95 Å². The van der Waals surface area contributed by atoms with E-state index in [1.807, 2.05) is 10.6 Å². The maximum absolute atomic E-state index is 8.89. The average molecular weight is 251 g/mol. The van der Waals surface area contributed by atoms with Crippen molar-refractivity contribution in [1.29, 1.82) is 0 Å². The highest BCUT2D eigenvalue weighted by molar-refractivity contribution is 5.82. The topological polar surface area (TPSA) is 82.5 Å². The average Bonchev–Trinajstić information content (AvgIpc) is 2.69. The van der Waals surface area contributed by atoms with Gasteiger partial charge in [0.25, 0.3) is 0 Å². The zero-order valence-corrected chi connectivity index (χ0v) is 10.5. The molecule has 0 radical (unpaired) electrons. The van der Waals surface area contributed by atoms with E-state index in [9.17, 15) is 0 Å². The van der Waals surface area contributed by atoms with Crippen molar-refractivity contribution in [2.75, 3.05) is 26.6 Å². The molecule has 98 valence electrons. The van der Waals surface area contributed by atoms with E-state index < -0.39 is 0 Å². The summed E-state index contributed by atoms with van der Waals surface area (Å²) in [4.78, 5) is 4.27. The molecule has 0 saturated carbocycles. The van der Waals surface area contributed by atoms with E-state index in [1.165, 1.54) is 0 Å². The number of aryl methyl sites for hydroxylation is 1. The molecule has 0 unspecified atom stereocenters. The van der Waals surface area contributed by atoms with Crippen LogP contribution in [0.5, 0.6) is 11.5 Å². The number of benzene rings is 1. The fourth-order valence-electron chi connectivity index (χ4n) is 1.93. The smallest absolute Gasteiger partial charge is 0.201 e. The molecule has 6 heteroatoms. The summed E-state index contributed by atoms with van der Waals surface area (Å²) in [7, 11) is 3.16. The van der Waals surface area contributed by atoms with Crippen LogP contribution in [-0.2, 0) is 6.54 Å². The van der Waals surface area contributed by atoms with Crippen molar-refractivity contribution in [2.45, 2.75) is 13.0 Å². The Bertz CT molecular complexity index is 551. The van der Waals surface area contributed by atoms with Crippen LogP contribution in [0, 0.1) is 0 Å². The number of aromatic nitrogens is 2. The third kappa shape index (κ3) is 2.06. The summed E-state index contributed by atoms with van der Waals surface area (Å²) in [5.74, 6) is 1.68. The molecule has 0 aliphatic carbocycles. The molecule has 0 fully saturated rings. The molecule has 0 saturated heterocycles. The third-order valence-corrected chi connectivity index (χ3v) is 2.82. The van der Waals surface area contributed by atoms with Gasteiger partial charge in [-0.3, -0.25) is 0 Å². The second-order valence-electron chi connectivity index (χ2n) is 3.89. The van der Waals surface area contributed by atoms with Crippen molar-refractivity contribution < 1.29 is 14.6 Å². The molecule has 2 rings (SSSR count). The number of aliphatic hydroxyl groups excluding tert-OH is 1. The van der Waals surface area contributed by atoms with Gasteiger partial charge in [0.05, 0.1) is 25.3 Å². The zero-order chi connectivity index (χ0) is 13.1. The summed E-state index contributed by atoms with van der Waals surface area (Å²) >= 11 is 0. The summed E-state index contributed by atoms with van der Waals surface area (Å²) < 4.78 is 12.3. The Morgan fingerprint density at radius 3 is 2.56 bits per heavy atom. The highest BCUT2D eigenvalue weighted by Crippen LogP contribution is 2.32. The Kier molecular flexibility index (Phi) is 3.57. The first-order chi connectivity index (χ1) is 8.71. The van der Waals surface area contributed by atoms with Crippen LogP contribution in [0.2, 0.25) is 0 Å². The Hall–Kier alpha value is -1.95. The fourth-order valence-corrected chi connectivity index (χ4v) is 1.93. The first kappa shape index (κ1) is 12.5.